The summed E-state index contributed by atoms with van der Waals surface area (Å²) in [6, 6.07) is 7.70. The maximum absolute atomic E-state index is 9.13. The lowest BCUT2D eigenvalue weighted by molar-refractivity contribution is 0.282. The maximum atomic E-state index is 9.13. The van der Waals surface area contributed by atoms with E-state index in [2.05, 4.69) is 30.0 Å². The first-order valence-corrected chi connectivity index (χ1v) is 6.08. The molecule has 0 spiro atoms. The Morgan fingerprint density at radius 3 is 2.50 bits per heavy atom. The molecule has 0 saturated carbocycles. The zero-order chi connectivity index (χ0) is 13.5. The highest BCUT2D eigenvalue weighted by molar-refractivity contribution is 5.60. The monoisotopic (exact) mass is 247 g/mol. The van der Waals surface area contributed by atoms with Gasteiger partial charge in [0.1, 0.15) is 6.07 Å². The van der Waals surface area contributed by atoms with Crippen LogP contribution < -0.4 is 4.90 Å². The van der Waals surface area contributed by atoms with Crippen LogP contribution in [0.3, 0.4) is 0 Å². The third-order valence-electron chi connectivity index (χ3n) is 2.87. The van der Waals surface area contributed by atoms with Crippen molar-refractivity contribution in [1.29, 1.82) is 5.26 Å². The first kappa shape index (κ1) is 14.5. The summed E-state index contributed by atoms with van der Waals surface area (Å²) in [6.45, 7) is 1.91. The minimum atomic E-state index is -0.0285. The SMILES string of the molecule is CN(C)CCCN(C)c1ccc(CO)cc1C#N. The van der Waals surface area contributed by atoms with E-state index in [0.717, 1.165) is 30.8 Å². The van der Waals surface area contributed by atoms with Crippen molar-refractivity contribution < 1.29 is 5.11 Å². The Morgan fingerprint density at radius 1 is 1.22 bits per heavy atom. The van der Waals surface area contributed by atoms with Gasteiger partial charge < -0.3 is 14.9 Å². The molecule has 1 N–H and O–H groups in total. The number of rotatable bonds is 6. The van der Waals surface area contributed by atoms with E-state index in [4.69, 9.17) is 10.4 Å². The normalized spacial score (nSPS) is 10.4. The van der Waals surface area contributed by atoms with E-state index in [-0.39, 0.29) is 6.61 Å². The molecule has 0 aliphatic heterocycles. The van der Waals surface area contributed by atoms with Gasteiger partial charge in [0.15, 0.2) is 0 Å². The van der Waals surface area contributed by atoms with E-state index in [1.807, 2.05) is 19.2 Å². The Hall–Kier alpha value is -1.57. The van der Waals surface area contributed by atoms with E-state index >= 15 is 0 Å². The predicted molar refractivity (Wildman–Crippen MR) is 73.5 cm³/mol. The first-order chi connectivity index (χ1) is 8.58. The Morgan fingerprint density at radius 2 is 1.94 bits per heavy atom. The average molecular weight is 247 g/mol. The van der Waals surface area contributed by atoms with Crippen LogP contribution in [0.4, 0.5) is 5.69 Å². The number of nitrogens with zero attached hydrogens (tertiary/aromatic N) is 3. The number of nitriles is 1. The highest BCUT2D eigenvalue weighted by Gasteiger charge is 2.08. The summed E-state index contributed by atoms with van der Waals surface area (Å²) < 4.78 is 0. The third kappa shape index (κ3) is 4.02. The average Bonchev–Trinajstić information content (AvgIpc) is 2.37. The zero-order valence-electron chi connectivity index (χ0n) is 11.3. The minimum absolute atomic E-state index is 0.0285. The second kappa shape index (κ2) is 7.00. The molecule has 98 valence electrons. The van der Waals surface area contributed by atoms with Gasteiger partial charge in [-0.3, -0.25) is 0 Å². The van der Waals surface area contributed by atoms with E-state index in [0.29, 0.717) is 5.56 Å². The molecule has 0 fully saturated rings. The third-order valence-corrected chi connectivity index (χ3v) is 2.87. The number of aliphatic hydroxyl groups excluding tert-OH is 1. The van der Waals surface area contributed by atoms with E-state index in [9.17, 15) is 0 Å². The standard InChI is InChI=1S/C14H21N3O/c1-16(2)7-4-8-17(3)14-6-5-12(11-18)9-13(14)10-15/h5-6,9,18H,4,7-8,11H2,1-3H3. The van der Waals surface area contributed by atoms with Crippen LogP contribution in [0.15, 0.2) is 18.2 Å². The van der Waals surface area contributed by atoms with Crippen molar-refractivity contribution in [1.82, 2.24) is 4.90 Å². The predicted octanol–water partition coefficient (Wildman–Crippen LogP) is 1.44. The first-order valence-electron chi connectivity index (χ1n) is 6.08. The number of anilines is 1. The van der Waals surface area contributed by atoms with Gasteiger partial charge in [0.05, 0.1) is 17.9 Å². The largest absolute Gasteiger partial charge is 0.392 e. The molecule has 0 heterocycles. The van der Waals surface area contributed by atoms with Gasteiger partial charge in [0.2, 0.25) is 0 Å². The molecule has 0 saturated heterocycles. The van der Waals surface area contributed by atoms with Crippen LogP contribution in [-0.2, 0) is 6.61 Å². The highest BCUT2D eigenvalue weighted by Crippen LogP contribution is 2.20. The van der Waals surface area contributed by atoms with Crippen LogP contribution in [0, 0.1) is 11.3 Å². The summed E-state index contributed by atoms with van der Waals surface area (Å²) >= 11 is 0. The van der Waals surface area contributed by atoms with E-state index < -0.39 is 0 Å². The fraction of sp³-hybridized carbons (Fsp3) is 0.500. The lowest BCUT2D eigenvalue weighted by atomic mass is 10.1. The fourth-order valence-electron chi connectivity index (χ4n) is 1.85. The number of hydrogen-bond donors (Lipinski definition) is 1. The molecule has 0 aromatic heterocycles. The second-order valence-corrected chi connectivity index (χ2v) is 4.70. The summed E-state index contributed by atoms with van der Waals surface area (Å²) in [4.78, 5) is 4.23. The molecule has 1 aromatic carbocycles. The van der Waals surface area contributed by atoms with Crippen molar-refractivity contribution in [3.8, 4) is 6.07 Å². The molecule has 0 amide bonds. The van der Waals surface area contributed by atoms with Gasteiger partial charge in [-0.05, 0) is 44.8 Å². The van der Waals surface area contributed by atoms with Gasteiger partial charge in [0, 0.05) is 13.6 Å². The quantitative estimate of drug-likeness (QED) is 0.826. The van der Waals surface area contributed by atoms with Gasteiger partial charge in [0.25, 0.3) is 0 Å². The van der Waals surface area contributed by atoms with Gasteiger partial charge in [-0.2, -0.15) is 5.26 Å². The lowest BCUT2D eigenvalue weighted by Crippen LogP contribution is -2.24. The summed E-state index contributed by atoms with van der Waals surface area (Å²) in [6.07, 6.45) is 1.05. The van der Waals surface area contributed by atoms with Crippen LogP contribution in [0.1, 0.15) is 17.5 Å². The number of hydrogen-bond acceptors (Lipinski definition) is 4. The van der Waals surface area contributed by atoms with E-state index in [1.165, 1.54) is 0 Å². The molecule has 18 heavy (non-hydrogen) atoms. The van der Waals surface area contributed by atoms with Crippen LogP contribution >= 0.6 is 0 Å². The highest BCUT2D eigenvalue weighted by atomic mass is 16.3. The molecule has 4 nitrogen and oxygen atoms in total. The van der Waals surface area contributed by atoms with Gasteiger partial charge in [-0.1, -0.05) is 6.07 Å². The summed E-state index contributed by atoms with van der Waals surface area (Å²) in [5.74, 6) is 0. The van der Waals surface area contributed by atoms with Crippen molar-refractivity contribution in [3.63, 3.8) is 0 Å². The Labute approximate surface area is 109 Å². The van der Waals surface area contributed by atoms with Gasteiger partial charge >= 0.3 is 0 Å². The van der Waals surface area contributed by atoms with Gasteiger partial charge in [-0.25, -0.2) is 0 Å². The van der Waals surface area contributed by atoms with E-state index in [1.54, 1.807) is 6.07 Å². The smallest absolute Gasteiger partial charge is 0.101 e. The summed E-state index contributed by atoms with van der Waals surface area (Å²) in [7, 11) is 6.10. The molecular weight excluding hydrogens is 226 g/mol. The van der Waals surface area contributed by atoms with Crippen molar-refractivity contribution in [3.05, 3.63) is 29.3 Å². The number of aliphatic hydroxyl groups is 1. The minimum Gasteiger partial charge on any atom is -0.392 e. The van der Waals surface area contributed by atoms with Crippen LogP contribution in [-0.4, -0.2) is 44.2 Å². The summed E-state index contributed by atoms with van der Waals surface area (Å²) in [5.41, 5.74) is 2.32. The van der Waals surface area contributed by atoms with Crippen LogP contribution in [0.25, 0.3) is 0 Å². The van der Waals surface area contributed by atoms with Crippen molar-refractivity contribution in [2.75, 3.05) is 39.1 Å². The topological polar surface area (TPSA) is 50.5 Å². The molecule has 0 atom stereocenters. The molecule has 0 aliphatic carbocycles. The Kier molecular flexibility index (Phi) is 5.63. The number of benzene rings is 1. The Balaban J connectivity index is 2.73. The molecule has 4 heteroatoms. The zero-order valence-corrected chi connectivity index (χ0v) is 11.3. The van der Waals surface area contributed by atoms with Crippen LogP contribution in [0.2, 0.25) is 0 Å². The van der Waals surface area contributed by atoms with Crippen LogP contribution in [0.5, 0.6) is 0 Å². The van der Waals surface area contributed by atoms with Gasteiger partial charge in [-0.15, -0.1) is 0 Å². The molecule has 1 rings (SSSR count). The second-order valence-electron chi connectivity index (χ2n) is 4.70. The van der Waals surface area contributed by atoms with Crippen molar-refractivity contribution in [2.24, 2.45) is 0 Å². The fourth-order valence-corrected chi connectivity index (χ4v) is 1.85. The molecule has 0 bridgehead atoms. The Bertz CT molecular complexity index is 424. The molecule has 0 aliphatic rings. The molecular formula is C14H21N3O. The molecule has 0 radical (unpaired) electrons. The molecule has 1 aromatic rings. The summed E-state index contributed by atoms with van der Waals surface area (Å²) in [5, 5.41) is 18.2. The maximum Gasteiger partial charge on any atom is 0.101 e. The van der Waals surface area contributed by atoms with Crippen molar-refractivity contribution in [2.45, 2.75) is 13.0 Å². The lowest BCUT2D eigenvalue weighted by Gasteiger charge is -2.21. The van der Waals surface area contributed by atoms with Crippen molar-refractivity contribution >= 4 is 5.69 Å². The molecule has 0 unspecified atom stereocenters.